The Balaban J connectivity index is 3.25. The molecule has 0 aliphatic rings. The van der Waals surface area contributed by atoms with Crippen molar-refractivity contribution < 1.29 is 5.11 Å². The van der Waals surface area contributed by atoms with E-state index in [4.69, 9.17) is 11.6 Å². The first-order valence-corrected chi connectivity index (χ1v) is 3.82. The molecule has 0 spiro atoms. The van der Waals surface area contributed by atoms with Gasteiger partial charge in [-0.1, -0.05) is 30.7 Å². The van der Waals surface area contributed by atoms with Gasteiger partial charge >= 0.3 is 0 Å². The number of phenols is 1. The zero-order valence-corrected chi connectivity index (χ0v) is 7.31. The van der Waals surface area contributed by atoms with Gasteiger partial charge in [0.05, 0.1) is 5.02 Å². The van der Waals surface area contributed by atoms with Gasteiger partial charge in [0.15, 0.2) is 0 Å². The van der Waals surface area contributed by atoms with Gasteiger partial charge in [-0.05, 0) is 24.5 Å². The van der Waals surface area contributed by atoms with Crippen molar-refractivity contribution in [2.24, 2.45) is 0 Å². The fourth-order valence-electron chi connectivity index (χ4n) is 0.900. The largest absolute Gasteiger partial charge is 0.506 e. The molecule has 0 atom stereocenters. The quantitative estimate of drug-likeness (QED) is 0.686. The molecule has 11 heavy (non-hydrogen) atoms. The van der Waals surface area contributed by atoms with Crippen LogP contribution in [0.25, 0.3) is 0 Å². The predicted octanol–water partition coefficient (Wildman–Crippen LogP) is 2.93. The number of aryl methyl sites for hydroxylation is 1. The van der Waals surface area contributed by atoms with Crippen LogP contribution in [-0.4, -0.2) is 5.11 Å². The molecule has 1 aromatic carbocycles. The highest BCUT2D eigenvalue weighted by Crippen LogP contribution is 2.30. The monoisotopic (exact) mass is 169 g/mol. The van der Waals surface area contributed by atoms with Gasteiger partial charge in [-0.25, -0.2) is 0 Å². The summed E-state index contributed by atoms with van der Waals surface area (Å²) in [5.74, 6) is 0.183. The first-order chi connectivity index (χ1) is 5.16. The maximum Gasteiger partial charge on any atom is 0.137 e. The standard InChI is InChI=1S/C9H10ClO/c1-3-7-5-4-6(2)9(11)8(7)10/h3-5,11H,1-2H3. The molecule has 0 aliphatic heterocycles. The third-order valence-corrected chi connectivity index (χ3v) is 2.06. The summed E-state index contributed by atoms with van der Waals surface area (Å²) in [4.78, 5) is 0. The van der Waals surface area contributed by atoms with Crippen LogP contribution in [0.15, 0.2) is 12.1 Å². The number of phenolic OH excluding ortho intramolecular Hbond substituents is 1. The van der Waals surface area contributed by atoms with Crippen molar-refractivity contribution in [2.45, 2.75) is 13.8 Å². The third-order valence-electron chi connectivity index (χ3n) is 1.66. The second-order valence-electron chi connectivity index (χ2n) is 2.42. The van der Waals surface area contributed by atoms with Crippen LogP contribution in [0.4, 0.5) is 0 Å². The summed E-state index contributed by atoms with van der Waals surface area (Å²) in [6.45, 7) is 3.70. The number of aromatic hydroxyl groups is 1. The molecule has 0 aliphatic carbocycles. The predicted molar refractivity (Wildman–Crippen MR) is 46.9 cm³/mol. The Hall–Kier alpha value is -0.690. The molecule has 0 unspecified atom stereocenters. The van der Waals surface area contributed by atoms with E-state index in [0.717, 1.165) is 11.1 Å². The van der Waals surface area contributed by atoms with Crippen LogP contribution in [0.1, 0.15) is 18.1 Å². The van der Waals surface area contributed by atoms with E-state index in [0.29, 0.717) is 5.02 Å². The summed E-state index contributed by atoms with van der Waals surface area (Å²) in [5, 5.41) is 9.80. The van der Waals surface area contributed by atoms with E-state index in [1.165, 1.54) is 0 Å². The highest BCUT2D eigenvalue weighted by molar-refractivity contribution is 6.33. The van der Waals surface area contributed by atoms with Crippen LogP contribution in [0.5, 0.6) is 5.75 Å². The number of halogens is 1. The lowest BCUT2D eigenvalue weighted by molar-refractivity contribution is 0.471. The molecular formula is C9H10ClO. The van der Waals surface area contributed by atoms with Crippen LogP contribution in [0.3, 0.4) is 0 Å². The summed E-state index contributed by atoms with van der Waals surface area (Å²) >= 11 is 5.82. The van der Waals surface area contributed by atoms with Crippen molar-refractivity contribution in [3.05, 3.63) is 34.7 Å². The van der Waals surface area contributed by atoms with E-state index in [-0.39, 0.29) is 5.75 Å². The molecule has 0 fully saturated rings. The Bertz CT molecular complexity index is 269. The smallest absolute Gasteiger partial charge is 0.137 e. The molecule has 0 amide bonds. The van der Waals surface area contributed by atoms with E-state index in [2.05, 4.69) is 0 Å². The van der Waals surface area contributed by atoms with E-state index >= 15 is 0 Å². The third kappa shape index (κ3) is 1.48. The molecule has 59 valence electrons. The summed E-state index contributed by atoms with van der Waals surface area (Å²) in [6, 6.07) is 3.73. The van der Waals surface area contributed by atoms with Gasteiger partial charge in [-0.2, -0.15) is 0 Å². The fourth-order valence-corrected chi connectivity index (χ4v) is 1.22. The molecule has 1 aromatic rings. The first kappa shape index (κ1) is 8.41. The Morgan fingerprint density at radius 1 is 1.45 bits per heavy atom. The lowest BCUT2D eigenvalue weighted by Crippen LogP contribution is -1.82. The van der Waals surface area contributed by atoms with Crippen molar-refractivity contribution in [1.82, 2.24) is 0 Å². The van der Waals surface area contributed by atoms with Crippen molar-refractivity contribution in [3.63, 3.8) is 0 Å². The summed E-state index contributed by atoms with van der Waals surface area (Å²) in [7, 11) is 0. The molecule has 2 heteroatoms. The van der Waals surface area contributed by atoms with Crippen molar-refractivity contribution in [2.75, 3.05) is 0 Å². The second-order valence-corrected chi connectivity index (χ2v) is 2.80. The summed E-state index contributed by atoms with van der Waals surface area (Å²) < 4.78 is 0. The van der Waals surface area contributed by atoms with Crippen molar-refractivity contribution >= 4 is 11.6 Å². The molecule has 1 radical (unpaired) electrons. The average molecular weight is 170 g/mol. The molecule has 0 heterocycles. The topological polar surface area (TPSA) is 20.2 Å². The minimum Gasteiger partial charge on any atom is -0.506 e. The second kappa shape index (κ2) is 3.14. The van der Waals surface area contributed by atoms with E-state index < -0.39 is 0 Å². The van der Waals surface area contributed by atoms with Gasteiger partial charge in [0.2, 0.25) is 0 Å². The molecule has 1 rings (SSSR count). The number of hydrogen-bond acceptors (Lipinski definition) is 1. The van der Waals surface area contributed by atoms with Crippen LogP contribution in [-0.2, 0) is 0 Å². The zero-order chi connectivity index (χ0) is 8.43. The molecule has 0 saturated carbocycles. The van der Waals surface area contributed by atoms with E-state index in [1.807, 2.05) is 32.4 Å². The van der Waals surface area contributed by atoms with Gasteiger partial charge in [-0.15, -0.1) is 0 Å². The van der Waals surface area contributed by atoms with Crippen LogP contribution < -0.4 is 0 Å². The molecule has 0 aromatic heterocycles. The van der Waals surface area contributed by atoms with Crippen LogP contribution in [0, 0.1) is 13.3 Å². The Labute approximate surface area is 71.6 Å². The van der Waals surface area contributed by atoms with E-state index in [9.17, 15) is 5.11 Å². The number of hydrogen-bond donors (Lipinski definition) is 1. The normalized spacial score (nSPS) is 10.1. The van der Waals surface area contributed by atoms with Gasteiger partial charge in [0, 0.05) is 0 Å². The Morgan fingerprint density at radius 3 is 2.64 bits per heavy atom. The highest BCUT2D eigenvalue weighted by atomic mass is 35.5. The molecular weight excluding hydrogens is 160 g/mol. The van der Waals surface area contributed by atoms with Gasteiger partial charge in [0.25, 0.3) is 0 Å². The average Bonchev–Trinajstić information content (AvgIpc) is 2.01. The van der Waals surface area contributed by atoms with Crippen molar-refractivity contribution in [1.29, 1.82) is 0 Å². The first-order valence-electron chi connectivity index (χ1n) is 3.44. The van der Waals surface area contributed by atoms with Gasteiger partial charge in [-0.3, -0.25) is 0 Å². The maximum atomic E-state index is 9.37. The fraction of sp³-hybridized carbons (Fsp3) is 0.222. The van der Waals surface area contributed by atoms with Gasteiger partial charge in [0.1, 0.15) is 5.75 Å². The minimum absolute atomic E-state index is 0.183. The minimum atomic E-state index is 0.183. The number of rotatable bonds is 1. The zero-order valence-electron chi connectivity index (χ0n) is 6.56. The maximum absolute atomic E-state index is 9.37. The summed E-state index contributed by atoms with van der Waals surface area (Å²) in [5.41, 5.74) is 1.68. The Kier molecular flexibility index (Phi) is 2.40. The van der Waals surface area contributed by atoms with E-state index in [1.54, 1.807) is 0 Å². The summed E-state index contributed by atoms with van der Waals surface area (Å²) in [6.07, 6.45) is 1.86. The van der Waals surface area contributed by atoms with Gasteiger partial charge < -0.3 is 5.11 Å². The van der Waals surface area contributed by atoms with Crippen molar-refractivity contribution in [3.8, 4) is 5.75 Å². The lowest BCUT2D eigenvalue weighted by Gasteiger charge is -2.04. The SMILES string of the molecule is C[CH]c1ccc(C)c(O)c1Cl. The molecule has 1 nitrogen and oxygen atoms in total. The molecule has 0 saturated heterocycles. The molecule has 0 bridgehead atoms. The highest BCUT2D eigenvalue weighted by Gasteiger charge is 2.05. The Morgan fingerprint density at radius 2 is 2.09 bits per heavy atom. The van der Waals surface area contributed by atoms with Crippen LogP contribution in [0.2, 0.25) is 5.02 Å². The van der Waals surface area contributed by atoms with Crippen LogP contribution >= 0.6 is 11.6 Å². The number of benzene rings is 1. The lowest BCUT2D eigenvalue weighted by atomic mass is 10.1. The molecule has 1 N–H and O–H groups in total.